The predicted molar refractivity (Wildman–Crippen MR) is 122 cm³/mol. The van der Waals surface area contributed by atoms with Gasteiger partial charge in [0.1, 0.15) is 5.69 Å². The molecular weight excluding hydrogens is 420 g/mol. The van der Waals surface area contributed by atoms with E-state index in [1.807, 2.05) is 62.6 Å². The van der Waals surface area contributed by atoms with Gasteiger partial charge in [-0.25, -0.2) is 9.78 Å². The van der Waals surface area contributed by atoms with Crippen molar-refractivity contribution in [2.45, 2.75) is 20.1 Å². The van der Waals surface area contributed by atoms with E-state index in [4.69, 9.17) is 5.73 Å². The summed E-state index contributed by atoms with van der Waals surface area (Å²) in [4.78, 5) is 20.8. The van der Waals surface area contributed by atoms with Gasteiger partial charge in [-0.1, -0.05) is 30.3 Å². The fraction of sp³-hybridized carbons (Fsp3) is 0.174. The molecule has 5 rings (SSSR count). The number of nitrogens with one attached hydrogen (secondary N) is 1. The summed E-state index contributed by atoms with van der Waals surface area (Å²) < 4.78 is 4.38. The molecule has 4 aromatic heterocycles. The van der Waals surface area contributed by atoms with Crippen LogP contribution in [0.2, 0.25) is 0 Å². The van der Waals surface area contributed by atoms with Crippen molar-refractivity contribution >= 4 is 11.6 Å². The molecule has 0 aliphatic heterocycles. The highest BCUT2D eigenvalue weighted by Crippen LogP contribution is 2.33. The highest BCUT2D eigenvalue weighted by molar-refractivity contribution is 5.88. The average molecular weight is 443 g/mol. The quantitative estimate of drug-likeness (QED) is 0.420. The van der Waals surface area contributed by atoms with Gasteiger partial charge in [0, 0.05) is 24.5 Å². The van der Waals surface area contributed by atoms with Crippen LogP contribution in [-0.2, 0) is 20.2 Å². The number of aromatic nitrogens is 7. The van der Waals surface area contributed by atoms with E-state index in [9.17, 15) is 9.90 Å². The van der Waals surface area contributed by atoms with Crippen LogP contribution < -0.4 is 16.4 Å². The Morgan fingerprint density at radius 2 is 1.85 bits per heavy atom. The van der Waals surface area contributed by atoms with E-state index in [1.165, 1.54) is 9.08 Å². The first-order valence-corrected chi connectivity index (χ1v) is 10.4. The summed E-state index contributed by atoms with van der Waals surface area (Å²) in [5.74, 6) is 0.165. The molecule has 4 N–H and O–H groups in total. The van der Waals surface area contributed by atoms with Gasteiger partial charge in [-0.2, -0.15) is 9.78 Å². The largest absolute Gasteiger partial charge is 0.411 e. The molecule has 0 amide bonds. The van der Waals surface area contributed by atoms with Crippen LogP contribution >= 0.6 is 0 Å². The number of aromatic amines is 1. The van der Waals surface area contributed by atoms with Gasteiger partial charge in [0.15, 0.2) is 0 Å². The molecular formula is C23H23N8O2+. The third-order valence-electron chi connectivity index (χ3n) is 5.41. The minimum atomic E-state index is -0.376. The Labute approximate surface area is 188 Å². The van der Waals surface area contributed by atoms with E-state index < -0.39 is 0 Å². The fourth-order valence-corrected chi connectivity index (χ4v) is 4.01. The summed E-state index contributed by atoms with van der Waals surface area (Å²) >= 11 is 0. The first-order valence-electron chi connectivity index (χ1n) is 10.4. The Bertz CT molecular complexity index is 1530. The lowest BCUT2D eigenvalue weighted by molar-refractivity contribution is -0.351. The van der Waals surface area contributed by atoms with Crippen molar-refractivity contribution in [1.29, 1.82) is 0 Å². The number of aliphatic hydroxyl groups excluding tert-OH is 1. The van der Waals surface area contributed by atoms with E-state index in [2.05, 4.69) is 20.2 Å². The lowest BCUT2D eigenvalue weighted by atomic mass is 9.99. The van der Waals surface area contributed by atoms with Crippen molar-refractivity contribution in [2.75, 3.05) is 5.73 Å². The third kappa shape index (κ3) is 3.66. The summed E-state index contributed by atoms with van der Waals surface area (Å²) in [5.41, 5.74) is 11.4. The van der Waals surface area contributed by atoms with Crippen LogP contribution in [0.4, 0.5) is 5.95 Å². The normalized spacial score (nSPS) is 11.4. The lowest BCUT2D eigenvalue weighted by Crippen LogP contribution is -2.28. The van der Waals surface area contributed by atoms with Crippen LogP contribution in [0.1, 0.15) is 17.1 Å². The number of anilines is 1. The average Bonchev–Trinajstić information content (AvgIpc) is 3.36. The van der Waals surface area contributed by atoms with E-state index in [-0.39, 0.29) is 24.8 Å². The number of pyridine rings is 1. The van der Waals surface area contributed by atoms with E-state index in [0.717, 1.165) is 16.8 Å². The third-order valence-corrected chi connectivity index (χ3v) is 5.41. The molecule has 10 nitrogen and oxygen atoms in total. The molecule has 166 valence electrons. The Morgan fingerprint density at radius 3 is 2.55 bits per heavy atom. The molecule has 0 aliphatic carbocycles. The maximum atomic E-state index is 13.3. The standard InChI is InChI=1S/C23H22N8O2/c1-14-10-16(11-18(13-32)25-14)19-20(15-6-4-3-5-7-15)26-22(24)31-21(19)28-30(23(31)33)12-17-8-9-29(2)27-17/h3-11,32H,12-13H2,1-2H3,(H2,24,26)/p+1. The SMILES string of the molecule is Cc1cc(-c2c(-c3ccccc3)[nH+]c(N)n3c(=O)n(Cc4ccn(C)n4)nc23)cc(CO)n1. The van der Waals surface area contributed by atoms with Gasteiger partial charge in [-0.3, -0.25) is 15.4 Å². The maximum Gasteiger partial charge on any atom is 0.411 e. The maximum absolute atomic E-state index is 13.3. The number of rotatable bonds is 5. The molecule has 0 saturated heterocycles. The molecule has 0 spiro atoms. The number of hydrogen-bond donors (Lipinski definition) is 2. The van der Waals surface area contributed by atoms with Crippen molar-refractivity contribution in [1.82, 2.24) is 28.9 Å². The topological polar surface area (TPSA) is 130 Å². The van der Waals surface area contributed by atoms with Crippen LogP contribution in [-0.4, -0.2) is 34.1 Å². The lowest BCUT2D eigenvalue weighted by Gasteiger charge is -2.10. The zero-order valence-electron chi connectivity index (χ0n) is 18.2. The minimum Gasteiger partial charge on any atom is -0.390 e. The van der Waals surface area contributed by atoms with Gasteiger partial charge in [0.25, 0.3) is 0 Å². The molecule has 10 heteroatoms. The molecule has 0 bridgehead atoms. The van der Waals surface area contributed by atoms with Crippen LogP contribution in [0, 0.1) is 6.92 Å². The van der Waals surface area contributed by atoms with Crippen LogP contribution in [0.5, 0.6) is 0 Å². The number of nitrogens with zero attached hydrogens (tertiary/aromatic N) is 6. The number of hydrogen-bond acceptors (Lipinski definition) is 6. The van der Waals surface area contributed by atoms with E-state index in [0.29, 0.717) is 28.3 Å². The molecule has 4 heterocycles. The highest BCUT2D eigenvalue weighted by Gasteiger charge is 2.26. The second kappa shape index (κ2) is 7.99. The number of benzene rings is 1. The number of nitrogens with two attached hydrogens (primary N) is 1. The van der Waals surface area contributed by atoms with Crippen molar-refractivity contribution in [3.05, 3.63) is 82.3 Å². The summed E-state index contributed by atoms with van der Waals surface area (Å²) in [6, 6.07) is 15.2. The molecule has 0 radical (unpaired) electrons. The Kier molecular flexibility index (Phi) is 4.98. The Hall–Kier alpha value is -4.31. The number of nitrogen functional groups attached to an aromatic ring is 1. The first-order chi connectivity index (χ1) is 15.9. The monoisotopic (exact) mass is 443 g/mol. The number of fused-ring (bicyclic) bond motifs is 1. The number of aryl methyl sites for hydroxylation is 2. The van der Waals surface area contributed by atoms with E-state index >= 15 is 0 Å². The summed E-state index contributed by atoms with van der Waals surface area (Å²) in [5, 5.41) is 18.7. The zero-order chi connectivity index (χ0) is 23.1. The van der Waals surface area contributed by atoms with Crippen LogP contribution in [0.15, 0.2) is 59.5 Å². The number of aliphatic hydroxyl groups is 1. The minimum absolute atomic E-state index is 0.165. The smallest absolute Gasteiger partial charge is 0.390 e. The van der Waals surface area contributed by atoms with Crippen LogP contribution in [0.3, 0.4) is 0 Å². The Morgan fingerprint density at radius 1 is 1.06 bits per heavy atom. The van der Waals surface area contributed by atoms with Gasteiger partial charge in [-0.05, 0) is 30.7 Å². The van der Waals surface area contributed by atoms with Crippen molar-refractivity contribution in [3.8, 4) is 22.4 Å². The molecule has 0 aliphatic rings. The zero-order valence-corrected chi connectivity index (χ0v) is 18.2. The summed E-state index contributed by atoms with van der Waals surface area (Å²) in [6.07, 6.45) is 1.81. The molecule has 1 aromatic carbocycles. The Balaban J connectivity index is 1.83. The molecule has 0 fully saturated rings. The van der Waals surface area contributed by atoms with Gasteiger partial charge < -0.3 is 5.11 Å². The molecule has 0 saturated carbocycles. The second-order valence-corrected chi connectivity index (χ2v) is 7.85. The first kappa shape index (κ1) is 20.6. The molecule has 33 heavy (non-hydrogen) atoms. The van der Waals surface area contributed by atoms with Gasteiger partial charge in [-0.15, -0.1) is 9.50 Å². The number of H-pyrrole nitrogens is 1. The van der Waals surface area contributed by atoms with Crippen molar-refractivity contribution in [2.24, 2.45) is 7.05 Å². The second-order valence-electron chi connectivity index (χ2n) is 7.85. The van der Waals surface area contributed by atoms with Crippen LogP contribution in [0.25, 0.3) is 28.0 Å². The summed E-state index contributed by atoms with van der Waals surface area (Å²) in [7, 11) is 1.82. The van der Waals surface area contributed by atoms with E-state index in [1.54, 1.807) is 10.7 Å². The highest BCUT2D eigenvalue weighted by atomic mass is 16.3. The summed E-state index contributed by atoms with van der Waals surface area (Å²) in [6.45, 7) is 1.86. The fourth-order valence-electron chi connectivity index (χ4n) is 4.01. The molecule has 0 unspecified atom stereocenters. The predicted octanol–water partition coefficient (Wildman–Crippen LogP) is 1.20. The van der Waals surface area contributed by atoms with Crippen molar-refractivity contribution < 1.29 is 10.1 Å². The van der Waals surface area contributed by atoms with Crippen molar-refractivity contribution in [3.63, 3.8) is 0 Å². The molecule has 0 atom stereocenters. The van der Waals surface area contributed by atoms with Gasteiger partial charge >= 0.3 is 11.6 Å². The van der Waals surface area contributed by atoms with Gasteiger partial charge in [0.05, 0.1) is 30.1 Å². The molecule has 5 aromatic rings. The van der Waals surface area contributed by atoms with Gasteiger partial charge in [0.2, 0.25) is 5.65 Å².